The molecule has 1 aliphatic heterocycles. The third-order valence-corrected chi connectivity index (χ3v) is 5.28. The standard InChI is InChI=1S/C21H28N2O3/c1-14-6-8-17(9-7-14)13-23-15(2)19(20(16(23)3)21(24)25)12-22-11-18-5-4-10-26-18/h6-9,18,22H,4-5,10-13H2,1-3H3,(H,24,25)/t18-/m0/s1. The van der Waals surface area contributed by atoms with Crippen LogP contribution in [0.5, 0.6) is 0 Å². The molecule has 1 fully saturated rings. The van der Waals surface area contributed by atoms with Gasteiger partial charge in [-0.05, 0) is 39.2 Å². The molecule has 1 atom stereocenters. The number of rotatable bonds is 7. The van der Waals surface area contributed by atoms with Gasteiger partial charge >= 0.3 is 5.97 Å². The molecule has 140 valence electrons. The molecule has 5 nitrogen and oxygen atoms in total. The summed E-state index contributed by atoms with van der Waals surface area (Å²) in [6, 6.07) is 8.38. The summed E-state index contributed by atoms with van der Waals surface area (Å²) in [5.74, 6) is -0.859. The number of benzene rings is 1. The number of carboxylic acids is 1. The van der Waals surface area contributed by atoms with Crippen LogP contribution in [0.15, 0.2) is 24.3 Å². The van der Waals surface area contributed by atoms with E-state index in [4.69, 9.17) is 4.74 Å². The highest BCUT2D eigenvalue weighted by atomic mass is 16.5. The maximum Gasteiger partial charge on any atom is 0.337 e. The van der Waals surface area contributed by atoms with Crippen LogP contribution in [-0.2, 0) is 17.8 Å². The third-order valence-electron chi connectivity index (χ3n) is 5.28. The van der Waals surface area contributed by atoms with Crippen LogP contribution in [-0.4, -0.2) is 34.9 Å². The van der Waals surface area contributed by atoms with Crippen LogP contribution in [0.2, 0.25) is 0 Å². The molecule has 1 aromatic heterocycles. The van der Waals surface area contributed by atoms with Crippen LogP contribution in [0.3, 0.4) is 0 Å². The van der Waals surface area contributed by atoms with Crippen molar-refractivity contribution in [2.75, 3.05) is 13.2 Å². The summed E-state index contributed by atoms with van der Waals surface area (Å²) in [6.07, 6.45) is 2.43. The number of ether oxygens (including phenoxy) is 1. The summed E-state index contributed by atoms with van der Waals surface area (Å²) in [7, 11) is 0. The zero-order valence-electron chi connectivity index (χ0n) is 15.8. The number of aromatic carboxylic acids is 1. The van der Waals surface area contributed by atoms with E-state index >= 15 is 0 Å². The Balaban J connectivity index is 1.80. The van der Waals surface area contributed by atoms with E-state index in [1.165, 1.54) is 11.1 Å². The third kappa shape index (κ3) is 4.00. The first-order chi connectivity index (χ1) is 12.5. The summed E-state index contributed by atoms with van der Waals surface area (Å²) in [6.45, 7) is 8.80. The van der Waals surface area contributed by atoms with Crippen LogP contribution in [0, 0.1) is 20.8 Å². The molecule has 0 amide bonds. The molecule has 2 aromatic rings. The van der Waals surface area contributed by atoms with Crippen molar-refractivity contribution < 1.29 is 14.6 Å². The minimum Gasteiger partial charge on any atom is -0.478 e. The minimum atomic E-state index is -0.859. The highest BCUT2D eigenvalue weighted by Crippen LogP contribution is 2.24. The maximum atomic E-state index is 11.9. The van der Waals surface area contributed by atoms with Crippen molar-refractivity contribution in [2.24, 2.45) is 0 Å². The quantitative estimate of drug-likeness (QED) is 0.798. The fourth-order valence-corrected chi connectivity index (χ4v) is 3.73. The first-order valence-electron chi connectivity index (χ1n) is 9.27. The predicted molar refractivity (Wildman–Crippen MR) is 102 cm³/mol. The monoisotopic (exact) mass is 356 g/mol. The number of carbonyl (C=O) groups is 1. The van der Waals surface area contributed by atoms with Gasteiger partial charge in [-0.2, -0.15) is 0 Å². The van der Waals surface area contributed by atoms with Crippen LogP contribution in [0.4, 0.5) is 0 Å². The van der Waals surface area contributed by atoms with Gasteiger partial charge in [0, 0.05) is 43.2 Å². The first-order valence-corrected chi connectivity index (χ1v) is 9.27. The zero-order valence-corrected chi connectivity index (χ0v) is 15.8. The Bertz CT molecular complexity index is 772. The van der Waals surface area contributed by atoms with E-state index in [1.54, 1.807) is 0 Å². The van der Waals surface area contributed by atoms with E-state index in [9.17, 15) is 9.90 Å². The van der Waals surface area contributed by atoms with Gasteiger partial charge in [0.25, 0.3) is 0 Å². The average Bonchev–Trinajstić information content (AvgIpc) is 3.19. The molecule has 0 radical (unpaired) electrons. The number of nitrogens with zero attached hydrogens (tertiary/aromatic N) is 1. The summed E-state index contributed by atoms with van der Waals surface area (Å²) in [5, 5.41) is 13.1. The van der Waals surface area contributed by atoms with E-state index in [0.29, 0.717) is 18.7 Å². The molecular formula is C21H28N2O3. The Morgan fingerprint density at radius 1 is 1.23 bits per heavy atom. The molecule has 0 aliphatic carbocycles. The predicted octanol–water partition coefficient (Wildman–Crippen LogP) is 3.43. The van der Waals surface area contributed by atoms with Gasteiger partial charge < -0.3 is 19.7 Å². The lowest BCUT2D eigenvalue weighted by atomic mass is 10.1. The van der Waals surface area contributed by atoms with Crippen molar-refractivity contribution in [3.8, 4) is 0 Å². The maximum absolute atomic E-state index is 11.9. The second-order valence-corrected chi connectivity index (χ2v) is 7.17. The van der Waals surface area contributed by atoms with Crippen molar-refractivity contribution in [1.29, 1.82) is 0 Å². The second kappa shape index (κ2) is 8.06. The van der Waals surface area contributed by atoms with Gasteiger partial charge in [0.05, 0.1) is 11.7 Å². The van der Waals surface area contributed by atoms with Crippen LogP contribution < -0.4 is 5.32 Å². The molecular weight excluding hydrogens is 328 g/mol. The highest BCUT2D eigenvalue weighted by molar-refractivity contribution is 5.91. The van der Waals surface area contributed by atoms with Gasteiger partial charge in [-0.15, -0.1) is 0 Å². The van der Waals surface area contributed by atoms with E-state index in [2.05, 4.69) is 41.1 Å². The summed E-state index contributed by atoms with van der Waals surface area (Å²) >= 11 is 0. The van der Waals surface area contributed by atoms with Gasteiger partial charge in [0.2, 0.25) is 0 Å². The fourth-order valence-electron chi connectivity index (χ4n) is 3.73. The molecule has 0 spiro atoms. The smallest absolute Gasteiger partial charge is 0.337 e. The molecule has 5 heteroatoms. The van der Waals surface area contributed by atoms with E-state index in [0.717, 1.165) is 42.9 Å². The van der Waals surface area contributed by atoms with Crippen LogP contribution in [0.1, 0.15) is 51.3 Å². The zero-order chi connectivity index (χ0) is 18.7. The van der Waals surface area contributed by atoms with E-state index < -0.39 is 5.97 Å². The number of nitrogens with one attached hydrogen (secondary N) is 1. The Morgan fingerprint density at radius 3 is 2.58 bits per heavy atom. The van der Waals surface area contributed by atoms with Crippen molar-refractivity contribution in [3.63, 3.8) is 0 Å². The SMILES string of the molecule is Cc1ccc(Cn2c(C)c(CNC[C@@H]3CCCO3)c(C(=O)O)c2C)cc1. The van der Waals surface area contributed by atoms with Gasteiger partial charge in [-0.3, -0.25) is 0 Å². The molecule has 2 N–H and O–H groups in total. The normalized spacial score (nSPS) is 17.0. The number of aromatic nitrogens is 1. The topological polar surface area (TPSA) is 63.5 Å². The molecule has 26 heavy (non-hydrogen) atoms. The lowest BCUT2D eigenvalue weighted by Gasteiger charge is -2.12. The fraction of sp³-hybridized carbons (Fsp3) is 0.476. The lowest BCUT2D eigenvalue weighted by Crippen LogP contribution is -2.26. The van der Waals surface area contributed by atoms with Crippen molar-refractivity contribution in [3.05, 3.63) is 57.9 Å². The summed E-state index contributed by atoms with van der Waals surface area (Å²) in [4.78, 5) is 11.9. The van der Waals surface area contributed by atoms with Crippen LogP contribution in [0.25, 0.3) is 0 Å². The largest absolute Gasteiger partial charge is 0.478 e. The molecule has 0 unspecified atom stereocenters. The number of aryl methyl sites for hydroxylation is 1. The number of carboxylic acid groups (broad SMARTS) is 1. The Morgan fingerprint density at radius 2 is 1.96 bits per heavy atom. The Labute approximate surface area is 155 Å². The summed E-state index contributed by atoms with van der Waals surface area (Å²) in [5.41, 5.74) is 5.52. The molecule has 0 bridgehead atoms. The number of hydrogen-bond acceptors (Lipinski definition) is 3. The molecule has 0 saturated carbocycles. The van der Waals surface area contributed by atoms with Gasteiger partial charge in [0.1, 0.15) is 0 Å². The van der Waals surface area contributed by atoms with E-state index in [-0.39, 0.29) is 6.10 Å². The number of hydrogen-bond donors (Lipinski definition) is 2. The molecule has 2 heterocycles. The average molecular weight is 356 g/mol. The minimum absolute atomic E-state index is 0.249. The van der Waals surface area contributed by atoms with Gasteiger partial charge in [0.15, 0.2) is 0 Å². The summed E-state index contributed by atoms with van der Waals surface area (Å²) < 4.78 is 7.74. The lowest BCUT2D eigenvalue weighted by molar-refractivity contribution is 0.0694. The molecule has 3 rings (SSSR count). The highest BCUT2D eigenvalue weighted by Gasteiger charge is 2.23. The van der Waals surface area contributed by atoms with Crippen molar-refractivity contribution in [1.82, 2.24) is 9.88 Å². The van der Waals surface area contributed by atoms with Gasteiger partial charge in [-0.1, -0.05) is 29.8 Å². The first kappa shape index (κ1) is 18.7. The van der Waals surface area contributed by atoms with E-state index in [1.807, 2.05) is 13.8 Å². The molecule has 1 saturated heterocycles. The van der Waals surface area contributed by atoms with Crippen molar-refractivity contribution >= 4 is 5.97 Å². The second-order valence-electron chi connectivity index (χ2n) is 7.17. The molecule has 1 aliphatic rings. The Hall–Kier alpha value is -2.11. The van der Waals surface area contributed by atoms with Crippen molar-refractivity contribution in [2.45, 2.75) is 52.8 Å². The van der Waals surface area contributed by atoms with Crippen LogP contribution >= 0.6 is 0 Å². The Kier molecular flexibility index (Phi) is 5.79. The molecule has 1 aromatic carbocycles. The van der Waals surface area contributed by atoms with Gasteiger partial charge in [-0.25, -0.2) is 4.79 Å².